The van der Waals surface area contributed by atoms with Crippen molar-refractivity contribution in [2.75, 3.05) is 26.7 Å². The number of nitrogens with one attached hydrogen (secondary N) is 2. The Bertz CT molecular complexity index is 497. The van der Waals surface area contributed by atoms with Crippen molar-refractivity contribution in [2.24, 2.45) is 4.99 Å². The number of hydrogen-bond acceptors (Lipinski definition) is 4. The van der Waals surface area contributed by atoms with Gasteiger partial charge in [-0.3, -0.25) is 4.99 Å². The summed E-state index contributed by atoms with van der Waals surface area (Å²) in [5, 5.41) is 9.99. The van der Waals surface area contributed by atoms with Gasteiger partial charge in [0.2, 0.25) is 0 Å². The van der Waals surface area contributed by atoms with E-state index < -0.39 is 0 Å². The lowest BCUT2D eigenvalue weighted by molar-refractivity contribution is 0.0264. The van der Waals surface area contributed by atoms with Gasteiger partial charge in [-0.25, -0.2) is 4.98 Å². The maximum Gasteiger partial charge on any atom is 0.190 e. The number of nitrogens with zero attached hydrogens (tertiary/aromatic N) is 2. The fourth-order valence-corrected chi connectivity index (χ4v) is 3.79. The molecule has 5 nitrogen and oxygen atoms in total. The lowest BCUT2D eigenvalue weighted by atomic mass is 9.98. The number of ether oxygens (including phenoxy) is 1. The molecule has 1 aliphatic rings. The molecule has 0 unspecified atom stereocenters. The van der Waals surface area contributed by atoms with E-state index in [1.165, 1.54) is 38.5 Å². The minimum absolute atomic E-state index is 0.538. The predicted octanol–water partition coefficient (Wildman–Crippen LogP) is 3.68. The van der Waals surface area contributed by atoms with E-state index in [4.69, 9.17) is 4.74 Å². The molecule has 0 aromatic carbocycles. The van der Waals surface area contributed by atoms with E-state index in [-0.39, 0.29) is 0 Å². The molecule has 6 heteroatoms. The molecule has 0 spiro atoms. The summed E-state index contributed by atoms with van der Waals surface area (Å²) >= 11 is 1.71. The number of rotatable bonds is 10. The Balaban J connectivity index is 1.44. The number of unbranched alkanes of at least 4 members (excludes halogenated alkanes) is 2. The van der Waals surface area contributed by atoms with Gasteiger partial charge in [-0.2, -0.15) is 0 Å². The van der Waals surface area contributed by atoms with Crippen molar-refractivity contribution in [1.29, 1.82) is 0 Å². The van der Waals surface area contributed by atoms with Gasteiger partial charge in [0.25, 0.3) is 0 Å². The summed E-state index contributed by atoms with van der Waals surface area (Å²) in [7, 11) is 1.82. The van der Waals surface area contributed by atoms with Crippen molar-refractivity contribution >= 4 is 17.3 Å². The normalized spacial score (nSPS) is 16.2. The van der Waals surface area contributed by atoms with Gasteiger partial charge in [-0.05, 0) is 39.0 Å². The molecule has 1 saturated carbocycles. The van der Waals surface area contributed by atoms with Crippen molar-refractivity contribution < 1.29 is 4.74 Å². The molecule has 1 aromatic rings. The third-order valence-corrected chi connectivity index (χ3v) is 5.41. The maximum atomic E-state index is 5.97. The van der Waals surface area contributed by atoms with Crippen molar-refractivity contribution in [3.05, 3.63) is 16.1 Å². The Morgan fingerprint density at radius 1 is 1.20 bits per heavy atom. The third kappa shape index (κ3) is 8.68. The fraction of sp³-hybridized carbons (Fsp3) is 0.789. The van der Waals surface area contributed by atoms with Crippen molar-refractivity contribution in [1.82, 2.24) is 15.6 Å². The maximum absolute atomic E-state index is 5.97. The number of aryl methyl sites for hydroxylation is 1. The Morgan fingerprint density at radius 3 is 2.72 bits per heavy atom. The minimum atomic E-state index is 0.538. The summed E-state index contributed by atoms with van der Waals surface area (Å²) in [6.45, 7) is 4.78. The molecule has 1 aliphatic carbocycles. The Morgan fingerprint density at radius 2 is 2.00 bits per heavy atom. The van der Waals surface area contributed by atoms with Crippen LogP contribution in [0.5, 0.6) is 0 Å². The van der Waals surface area contributed by atoms with Crippen LogP contribution in [0.3, 0.4) is 0 Å². The van der Waals surface area contributed by atoms with Crippen LogP contribution in [0.4, 0.5) is 0 Å². The Labute approximate surface area is 156 Å². The molecule has 1 heterocycles. The van der Waals surface area contributed by atoms with Gasteiger partial charge < -0.3 is 15.4 Å². The van der Waals surface area contributed by atoms with Crippen LogP contribution >= 0.6 is 11.3 Å². The van der Waals surface area contributed by atoms with E-state index in [2.05, 4.69) is 26.0 Å². The highest BCUT2D eigenvalue weighted by molar-refractivity contribution is 7.09. The average Bonchev–Trinajstić information content (AvgIpc) is 3.05. The van der Waals surface area contributed by atoms with E-state index >= 15 is 0 Å². The highest BCUT2D eigenvalue weighted by Crippen LogP contribution is 2.20. The molecule has 25 heavy (non-hydrogen) atoms. The van der Waals surface area contributed by atoms with E-state index in [0.29, 0.717) is 6.10 Å². The minimum Gasteiger partial charge on any atom is -0.378 e. The number of thiazole rings is 1. The average molecular weight is 367 g/mol. The summed E-state index contributed by atoms with van der Waals surface area (Å²) in [4.78, 5) is 8.75. The molecule has 1 aromatic heterocycles. The highest BCUT2D eigenvalue weighted by Gasteiger charge is 2.12. The molecular formula is C19H34N4OS. The number of hydrogen-bond donors (Lipinski definition) is 2. The standard InChI is InChI=1S/C19H34N4OS/c1-16-23-17(15-25-16)11-13-22-19(20-2)21-12-7-4-8-14-24-18-9-5-3-6-10-18/h15,18H,3-14H2,1-2H3,(H2,20,21,22). The SMILES string of the molecule is CN=C(NCCCCCOC1CCCCC1)NCCc1csc(C)n1. The topological polar surface area (TPSA) is 58.5 Å². The first-order chi connectivity index (χ1) is 12.3. The van der Waals surface area contributed by atoms with Crippen molar-refractivity contribution in [2.45, 2.75) is 70.8 Å². The number of aromatic nitrogens is 1. The van der Waals surface area contributed by atoms with E-state index in [1.807, 2.05) is 14.0 Å². The molecular weight excluding hydrogens is 332 g/mol. The molecule has 2 N–H and O–H groups in total. The van der Waals surface area contributed by atoms with Crippen molar-refractivity contribution in [3.8, 4) is 0 Å². The van der Waals surface area contributed by atoms with Gasteiger partial charge in [0.05, 0.1) is 16.8 Å². The van der Waals surface area contributed by atoms with Gasteiger partial charge >= 0.3 is 0 Å². The van der Waals surface area contributed by atoms with Crippen molar-refractivity contribution in [3.63, 3.8) is 0 Å². The largest absolute Gasteiger partial charge is 0.378 e. The van der Waals surface area contributed by atoms with Gasteiger partial charge in [0.15, 0.2) is 5.96 Å². The first kappa shape index (κ1) is 20.2. The molecule has 0 bridgehead atoms. The Hall–Kier alpha value is -1.14. The predicted molar refractivity (Wildman–Crippen MR) is 107 cm³/mol. The van der Waals surface area contributed by atoms with Crippen LogP contribution in [-0.2, 0) is 11.2 Å². The molecule has 0 amide bonds. The molecule has 142 valence electrons. The van der Waals surface area contributed by atoms with Gasteiger partial charge in [0.1, 0.15) is 0 Å². The zero-order chi connectivity index (χ0) is 17.7. The summed E-state index contributed by atoms with van der Waals surface area (Å²) in [6.07, 6.45) is 11.6. The lowest BCUT2D eigenvalue weighted by Crippen LogP contribution is -2.38. The van der Waals surface area contributed by atoms with Crippen LogP contribution in [-0.4, -0.2) is 43.8 Å². The van der Waals surface area contributed by atoms with Gasteiger partial charge in [0, 0.05) is 38.5 Å². The van der Waals surface area contributed by atoms with Crippen LogP contribution < -0.4 is 10.6 Å². The first-order valence-corrected chi connectivity index (χ1v) is 10.6. The summed E-state index contributed by atoms with van der Waals surface area (Å²) in [5.41, 5.74) is 1.16. The molecule has 1 fully saturated rings. The fourth-order valence-electron chi connectivity index (χ4n) is 3.15. The molecule has 2 rings (SSSR count). The monoisotopic (exact) mass is 366 g/mol. The van der Waals surface area contributed by atoms with Crippen LogP contribution in [0.25, 0.3) is 0 Å². The smallest absolute Gasteiger partial charge is 0.190 e. The summed E-state index contributed by atoms with van der Waals surface area (Å²) < 4.78 is 5.97. The zero-order valence-corrected chi connectivity index (χ0v) is 16.7. The molecule has 0 saturated heterocycles. The second-order valence-corrected chi connectivity index (χ2v) is 7.79. The van der Waals surface area contributed by atoms with Gasteiger partial charge in [-0.15, -0.1) is 11.3 Å². The number of aliphatic imine (C=N–C) groups is 1. The Kier molecular flexibility index (Phi) is 9.89. The highest BCUT2D eigenvalue weighted by atomic mass is 32.1. The van der Waals surface area contributed by atoms with Crippen LogP contribution in [0.15, 0.2) is 10.4 Å². The zero-order valence-electron chi connectivity index (χ0n) is 15.9. The van der Waals surface area contributed by atoms with E-state index in [0.717, 1.165) is 55.6 Å². The second-order valence-electron chi connectivity index (χ2n) is 6.73. The third-order valence-electron chi connectivity index (χ3n) is 4.58. The van der Waals surface area contributed by atoms with E-state index in [1.54, 1.807) is 11.3 Å². The quantitative estimate of drug-likeness (QED) is 0.377. The summed E-state index contributed by atoms with van der Waals surface area (Å²) in [5.74, 6) is 0.880. The molecule has 0 aliphatic heterocycles. The molecule has 0 atom stereocenters. The van der Waals surface area contributed by atoms with E-state index in [9.17, 15) is 0 Å². The molecule has 0 radical (unpaired) electrons. The summed E-state index contributed by atoms with van der Waals surface area (Å²) in [6, 6.07) is 0. The van der Waals surface area contributed by atoms with Gasteiger partial charge in [-0.1, -0.05) is 19.3 Å². The van der Waals surface area contributed by atoms with Crippen LogP contribution in [0, 0.1) is 6.92 Å². The second kappa shape index (κ2) is 12.3. The first-order valence-electron chi connectivity index (χ1n) is 9.75. The van der Waals surface area contributed by atoms with Crippen LogP contribution in [0.1, 0.15) is 62.1 Å². The number of guanidine groups is 1. The van der Waals surface area contributed by atoms with Crippen LogP contribution in [0.2, 0.25) is 0 Å². The lowest BCUT2D eigenvalue weighted by Gasteiger charge is -2.21.